The third kappa shape index (κ3) is 5.75. The fourth-order valence-electron chi connectivity index (χ4n) is 4.63. The van der Waals surface area contributed by atoms with Crippen LogP contribution in [0.25, 0.3) is 0 Å². The molecule has 164 valence electrons. The van der Waals surface area contributed by atoms with E-state index in [-0.39, 0.29) is 18.0 Å². The predicted molar refractivity (Wildman–Crippen MR) is 118 cm³/mol. The molecule has 2 heterocycles. The van der Waals surface area contributed by atoms with Crippen LogP contribution in [0.3, 0.4) is 0 Å². The first-order chi connectivity index (χ1) is 14.6. The maximum Gasteiger partial charge on any atom is 0.315 e. The van der Waals surface area contributed by atoms with Gasteiger partial charge in [-0.1, -0.05) is 37.3 Å². The Morgan fingerprint density at radius 1 is 0.967 bits per heavy atom. The minimum Gasteiger partial charge on any atom is -0.341 e. The van der Waals surface area contributed by atoms with E-state index in [9.17, 15) is 9.59 Å². The van der Waals surface area contributed by atoms with Gasteiger partial charge >= 0.3 is 6.03 Å². The number of hydrogen-bond donors (Lipinski definition) is 2. The molecule has 0 spiro atoms. The van der Waals surface area contributed by atoms with Crippen molar-refractivity contribution in [3.8, 4) is 0 Å². The number of piperidine rings is 2. The average molecular weight is 413 g/mol. The molecule has 1 atom stereocenters. The van der Waals surface area contributed by atoms with Crippen molar-refractivity contribution in [1.29, 1.82) is 0 Å². The Morgan fingerprint density at radius 2 is 1.63 bits per heavy atom. The molecule has 0 bridgehead atoms. The molecule has 6 nitrogen and oxygen atoms in total. The summed E-state index contributed by atoms with van der Waals surface area (Å²) in [4.78, 5) is 30.5. The summed E-state index contributed by atoms with van der Waals surface area (Å²) >= 11 is 0. The molecule has 30 heavy (non-hydrogen) atoms. The maximum absolute atomic E-state index is 13.3. The summed E-state index contributed by atoms with van der Waals surface area (Å²) < 4.78 is 0. The molecule has 3 aliphatic rings. The molecule has 0 aromatic heterocycles. The maximum atomic E-state index is 13.3. The summed E-state index contributed by atoms with van der Waals surface area (Å²) in [5.74, 6) is 1.57. The molecular formula is C24H36N4O2. The second-order valence-corrected chi connectivity index (χ2v) is 9.49. The highest BCUT2D eigenvalue weighted by molar-refractivity contribution is 5.88. The smallest absolute Gasteiger partial charge is 0.315 e. The van der Waals surface area contributed by atoms with E-state index in [4.69, 9.17) is 0 Å². The molecule has 1 aromatic rings. The molecular weight excluding hydrogens is 376 g/mol. The number of nitrogens with one attached hydrogen (secondary N) is 2. The van der Waals surface area contributed by atoms with Crippen LogP contribution in [0.1, 0.15) is 57.1 Å². The summed E-state index contributed by atoms with van der Waals surface area (Å²) in [6.07, 6.45) is 6.77. The Kier molecular flexibility index (Phi) is 6.93. The number of likely N-dealkylation sites (tertiary alicyclic amines) is 2. The monoisotopic (exact) mass is 412 g/mol. The van der Waals surface area contributed by atoms with Gasteiger partial charge in [0.1, 0.15) is 6.04 Å². The molecule has 4 rings (SSSR count). The summed E-state index contributed by atoms with van der Waals surface area (Å²) in [5.41, 5.74) is 0.843. The van der Waals surface area contributed by atoms with E-state index in [0.29, 0.717) is 5.92 Å². The van der Waals surface area contributed by atoms with Crippen molar-refractivity contribution >= 4 is 11.9 Å². The quantitative estimate of drug-likeness (QED) is 0.754. The Balaban J connectivity index is 1.33. The molecule has 1 aromatic carbocycles. The number of hydrogen-bond acceptors (Lipinski definition) is 3. The number of rotatable bonds is 6. The van der Waals surface area contributed by atoms with Crippen LogP contribution in [0, 0.1) is 11.8 Å². The lowest BCUT2D eigenvalue weighted by Crippen LogP contribution is -2.51. The fraction of sp³-hybridized carbons (Fsp3) is 0.667. The highest BCUT2D eigenvalue weighted by atomic mass is 16.2. The lowest BCUT2D eigenvalue weighted by atomic mass is 9.97. The van der Waals surface area contributed by atoms with Gasteiger partial charge in [0.2, 0.25) is 5.91 Å². The highest BCUT2D eigenvalue weighted by Gasteiger charge is 2.31. The van der Waals surface area contributed by atoms with Gasteiger partial charge in [-0.05, 0) is 55.9 Å². The summed E-state index contributed by atoms with van der Waals surface area (Å²) in [6.45, 7) is 7.09. The van der Waals surface area contributed by atoms with Crippen LogP contribution in [0.5, 0.6) is 0 Å². The van der Waals surface area contributed by atoms with Crippen molar-refractivity contribution in [3.05, 3.63) is 35.9 Å². The molecule has 1 aliphatic carbocycles. The van der Waals surface area contributed by atoms with E-state index in [1.165, 1.54) is 19.4 Å². The van der Waals surface area contributed by atoms with Crippen molar-refractivity contribution in [2.24, 2.45) is 11.8 Å². The number of nitrogens with zero attached hydrogens (tertiary/aromatic N) is 2. The lowest BCUT2D eigenvalue weighted by Gasteiger charge is -2.34. The van der Waals surface area contributed by atoms with Crippen LogP contribution in [-0.4, -0.2) is 60.5 Å². The van der Waals surface area contributed by atoms with Gasteiger partial charge in [0, 0.05) is 38.8 Å². The minimum absolute atomic E-state index is 0.00232. The number of carbonyl (C=O) groups excluding carboxylic acids is 2. The molecule has 0 unspecified atom stereocenters. The third-order valence-electron chi connectivity index (χ3n) is 6.89. The average Bonchev–Trinajstić information content (AvgIpc) is 3.58. The zero-order chi connectivity index (χ0) is 20.9. The van der Waals surface area contributed by atoms with E-state index < -0.39 is 6.04 Å². The summed E-state index contributed by atoms with van der Waals surface area (Å²) in [7, 11) is 0. The van der Waals surface area contributed by atoms with Gasteiger partial charge < -0.3 is 20.4 Å². The van der Waals surface area contributed by atoms with Gasteiger partial charge in [-0.2, -0.15) is 0 Å². The highest BCUT2D eigenvalue weighted by Crippen LogP contribution is 2.30. The Labute approximate surface area is 180 Å². The van der Waals surface area contributed by atoms with E-state index in [1.54, 1.807) is 0 Å². The molecule has 6 heteroatoms. The van der Waals surface area contributed by atoms with Crippen molar-refractivity contribution in [3.63, 3.8) is 0 Å². The largest absolute Gasteiger partial charge is 0.341 e. The van der Waals surface area contributed by atoms with Crippen molar-refractivity contribution in [2.75, 3.05) is 32.7 Å². The van der Waals surface area contributed by atoms with Crippen LogP contribution >= 0.6 is 0 Å². The zero-order valence-electron chi connectivity index (χ0n) is 18.2. The molecule has 3 fully saturated rings. The standard InChI is InChI=1S/C24H36N4O2/c1-18-9-15-28(16-10-18)23(29)22(20-5-3-2-4-6-20)26-24(30)25-21-11-13-27(14-12-21)17-19-7-8-19/h2-6,18-19,21-22H,7-17H2,1H3,(H2,25,26,30)/t22-/m1/s1. The normalized spacial score (nSPS) is 22.5. The Morgan fingerprint density at radius 3 is 2.27 bits per heavy atom. The molecule has 1 saturated carbocycles. The van der Waals surface area contributed by atoms with Crippen molar-refractivity contribution in [2.45, 2.75) is 57.5 Å². The zero-order valence-corrected chi connectivity index (χ0v) is 18.2. The topological polar surface area (TPSA) is 64.7 Å². The molecule has 2 N–H and O–H groups in total. The van der Waals surface area contributed by atoms with E-state index in [2.05, 4.69) is 22.5 Å². The first-order valence-electron chi connectivity index (χ1n) is 11.7. The van der Waals surface area contributed by atoms with Gasteiger partial charge in [-0.25, -0.2) is 4.79 Å². The number of urea groups is 1. The van der Waals surface area contributed by atoms with Crippen LogP contribution in [0.15, 0.2) is 30.3 Å². The van der Waals surface area contributed by atoms with Gasteiger partial charge in [0.05, 0.1) is 0 Å². The Bertz CT molecular complexity index is 705. The van der Waals surface area contributed by atoms with Gasteiger partial charge in [-0.3, -0.25) is 4.79 Å². The second-order valence-electron chi connectivity index (χ2n) is 9.49. The predicted octanol–water partition coefficient (Wildman–Crippen LogP) is 3.16. The first kappa shape index (κ1) is 21.2. The van der Waals surface area contributed by atoms with Gasteiger partial charge in [-0.15, -0.1) is 0 Å². The first-order valence-corrected chi connectivity index (χ1v) is 11.7. The van der Waals surface area contributed by atoms with Crippen LogP contribution < -0.4 is 10.6 Å². The summed E-state index contributed by atoms with van der Waals surface area (Å²) in [5, 5.41) is 6.11. The van der Waals surface area contributed by atoms with Crippen LogP contribution in [0.4, 0.5) is 4.79 Å². The van der Waals surface area contributed by atoms with Gasteiger partial charge in [0.25, 0.3) is 0 Å². The van der Waals surface area contributed by atoms with E-state index >= 15 is 0 Å². The molecule has 2 saturated heterocycles. The molecule has 3 amide bonds. The SMILES string of the molecule is CC1CCN(C(=O)[C@H](NC(=O)NC2CCN(CC3CC3)CC2)c2ccccc2)CC1. The Hall–Kier alpha value is -2.08. The number of carbonyl (C=O) groups is 2. The van der Waals surface area contributed by atoms with E-state index in [1.807, 2.05) is 35.2 Å². The molecule has 0 radical (unpaired) electrons. The van der Waals surface area contributed by atoms with E-state index in [0.717, 1.165) is 63.3 Å². The summed E-state index contributed by atoms with van der Waals surface area (Å²) in [6, 6.07) is 8.94. The van der Waals surface area contributed by atoms with Gasteiger partial charge in [0.15, 0.2) is 0 Å². The second kappa shape index (κ2) is 9.82. The van der Waals surface area contributed by atoms with Crippen molar-refractivity contribution < 1.29 is 9.59 Å². The van der Waals surface area contributed by atoms with Crippen LogP contribution in [0.2, 0.25) is 0 Å². The number of amides is 3. The van der Waals surface area contributed by atoms with Crippen LogP contribution in [-0.2, 0) is 4.79 Å². The lowest BCUT2D eigenvalue weighted by molar-refractivity contribution is -0.134. The fourth-order valence-corrected chi connectivity index (χ4v) is 4.63. The number of benzene rings is 1. The van der Waals surface area contributed by atoms with Crippen molar-refractivity contribution in [1.82, 2.24) is 20.4 Å². The molecule has 2 aliphatic heterocycles. The minimum atomic E-state index is -0.630. The third-order valence-corrected chi connectivity index (χ3v) is 6.89.